The van der Waals surface area contributed by atoms with Crippen LogP contribution in [0, 0.1) is 5.92 Å². The van der Waals surface area contributed by atoms with E-state index in [-0.39, 0.29) is 6.17 Å². The largest absolute Gasteiger partial charge is 0.294 e. The highest BCUT2D eigenvalue weighted by Crippen LogP contribution is 2.10. The zero-order valence-electron chi connectivity index (χ0n) is 15.8. The Hall–Kier alpha value is -0.700. The first-order valence-electron chi connectivity index (χ1n) is 8.52. The van der Waals surface area contributed by atoms with Gasteiger partial charge in [0.05, 0.1) is 11.9 Å². The molecule has 0 aromatic heterocycles. The molecule has 0 saturated heterocycles. The van der Waals surface area contributed by atoms with E-state index in [1.165, 1.54) is 25.0 Å². The lowest BCUT2D eigenvalue weighted by Crippen LogP contribution is -2.34. The lowest BCUT2D eigenvalue weighted by molar-refractivity contribution is -0.534. The van der Waals surface area contributed by atoms with Gasteiger partial charge in [0.2, 0.25) is 0 Å². The van der Waals surface area contributed by atoms with Gasteiger partial charge in [0.15, 0.2) is 5.71 Å². The molecule has 0 aromatic rings. The Morgan fingerprint density at radius 2 is 1.57 bits per heavy atom. The summed E-state index contributed by atoms with van der Waals surface area (Å²) in [5.74, 6) is 0.804. The Labute approximate surface area is 132 Å². The Kier molecular flexibility index (Phi) is 9.76. The fraction of sp³-hybridized carbons (Fsp3) is 0.889. The van der Waals surface area contributed by atoms with Gasteiger partial charge in [-0.05, 0) is 47.0 Å². The van der Waals surface area contributed by atoms with Gasteiger partial charge in [0.1, 0.15) is 13.1 Å². The molecule has 0 rings (SSSR count). The third-order valence-corrected chi connectivity index (χ3v) is 4.08. The molecule has 3 heteroatoms. The van der Waals surface area contributed by atoms with Crippen LogP contribution in [0.4, 0.5) is 0 Å². The molecule has 0 bridgehead atoms. The SMILES string of the molecule is CC(=NC(C)NC(C)C)C(C)=[N+](C)C(C)CCCC(C)C. The zero-order chi connectivity index (χ0) is 16.6. The lowest BCUT2D eigenvalue weighted by atomic mass is 10.0. The number of nitrogens with zero attached hydrogens (tertiary/aromatic N) is 2. The summed E-state index contributed by atoms with van der Waals surface area (Å²) in [4.78, 5) is 4.76. The number of nitrogens with one attached hydrogen (secondary N) is 1. The topological polar surface area (TPSA) is 27.4 Å². The van der Waals surface area contributed by atoms with E-state index in [1.807, 2.05) is 0 Å². The van der Waals surface area contributed by atoms with Crippen LogP contribution in [0.5, 0.6) is 0 Å². The van der Waals surface area contributed by atoms with E-state index in [9.17, 15) is 0 Å². The predicted octanol–water partition coefficient (Wildman–Crippen LogP) is 4.11. The van der Waals surface area contributed by atoms with Crippen molar-refractivity contribution in [1.82, 2.24) is 5.32 Å². The molecular formula is C18H38N3+. The van der Waals surface area contributed by atoms with E-state index < -0.39 is 0 Å². The van der Waals surface area contributed by atoms with Crippen molar-refractivity contribution in [1.29, 1.82) is 0 Å². The van der Waals surface area contributed by atoms with Crippen LogP contribution in [-0.4, -0.2) is 41.3 Å². The van der Waals surface area contributed by atoms with Gasteiger partial charge in [-0.25, -0.2) is 4.58 Å². The predicted molar refractivity (Wildman–Crippen MR) is 95.9 cm³/mol. The maximum absolute atomic E-state index is 4.76. The van der Waals surface area contributed by atoms with Gasteiger partial charge in [0.25, 0.3) is 0 Å². The minimum atomic E-state index is 0.171. The average Bonchev–Trinajstić information content (AvgIpc) is 2.35. The molecule has 3 nitrogen and oxygen atoms in total. The molecule has 0 heterocycles. The molecule has 0 aliphatic heterocycles. The Morgan fingerprint density at radius 3 is 2.05 bits per heavy atom. The highest BCUT2D eigenvalue weighted by atomic mass is 15.1. The first kappa shape index (κ1) is 20.3. The smallest absolute Gasteiger partial charge is 0.193 e. The highest BCUT2D eigenvalue weighted by molar-refractivity contribution is 6.38. The normalized spacial score (nSPS) is 17.2. The van der Waals surface area contributed by atoms with E-state index in [0.29, 0.717) is 12.1 Å². The number of hydrogen-bond donors (Lipinski definition) is 1. The first-order chi connectivity index (χ1) is 9.65. The molecule has 2 unspecified atom stereocenters. The van der Waals surface area contributed by atoms with Gasteiger partial charge in [-0.15, -0.1) is 0 Å². The third-order valence-electron chi connectivity index (χ3n) is 4.08. The molecule has 1 N–H and O–H groups in total. The molecule has 0 aliphatic rings. The summed E-state index contributed by atoms with van der Waals surface area (Å²) >= 11 is 0. The van der Waals surface area contributed by atoms with Crippen molar-refractivity contribution in [3.8, 4) is 0 Å². The molecule has 0 saturated carbocycles. The minimum absolute atomic E-state index is 0.171. The quantitative estimate of drug-likeness (QED) is 0.503. The molecule has 124 valence electrons. The van der Waals surface area contributed by atoms with E-state index in [4.69, 9.17) is 4.99 Å². The fourth-order valence-electron chi connectivity index (χ4n) is 2.50. The fourth-order valence-corrected chi connectivity index (χ4v) is 2.50. The standard InChI is InChI=1S/C18H38N3/c1-13(2)11-10-12-15(5)21(9)17(7)16(6)20-18(8)19-14(3)4/h13-15,18-19H,10-12H2,1-9H3/q+1. The van der Waals surface area contributed by atoms with Gasteiger partial charge in [-0.2, -0.15) is 0 Å². The third kappa shape index (κ3) is 9.02. The number of aliphatic imine (C=N–C) groups is 1. The molecule has 0 aromatic carbocycles. The second kappa shape index (κ2) is 10.1. The van der Waals surface area contributed by atoms with Crippen molar-refractivity contribution in [2.75, 3.05) is 7.05 Å². The van der Waals surface area contributed by atoms with Crippen LogP contribution in [0.2, 0.25) is 0 Å². The summed E-state index contributed by atoms with van der Waals surface area (Å²) in [6, 6.07) is 1.03. The average molecular weight is 297 g/mol. The van der Waals surface area contributed by atoms with Crippen LogP contribution in [0.1, 0.15) is 74.7 Å². The van der Waals surface area contributed by atoms with Crippen LogP contribution < -0.4 is 5.32 Å². The van der Waals surface area contributed by atoms with E-state index in [0.717, 1.165) is 11.6 Å². The van der Waals surface area contributed by atoms with Gasteiger partial charge in [-0.1, -0.05) is 20.3 Å². The van der Waals surface area contributed by atoms with E-state index in [2.05, 4.69) is 72.3 Å². The van der Waals surface area contributed by atoms with Gasteiger partial charge in [0, 0.05) is 19.4 Å². The summed E-state index contributed by atoms with van der Waals surface area (Å²) in [7, 11) is 2.19. The molecule has 0 radical (unpaired) electrons. The number of rotatable bonds is 9. The van der Waals surface area contributed by atoms with Gasteiger partial charge in [-0.3, -0.25) is 10.3 Å². The zero-order valence-corrected chi connectivity index (χ0v) is 15.8. The highest BCUT2D eigenvalue weighted by Gasteiger charge is 2.16. The monoisotopic (exact) mass is 296 g/mol. The van der Waals surface area contributed by atoms with Crippen molar-refractivity contribution in [2.45, 2.75) is 92.9 Å². The summed E-state index contributed by atoms with van der Waals surface area (Å²) < 4.78 is 2.38. The Bertz CT molecular complexity index is 353. The van der Waals surface area contributed by atoms with Gasteiger partial charge >= 0.3 is 0 Å². The minimum Gasteiger partial charge on any atom is -0.294 e. The molecule has 0 aliphatic carbocycles. The molecule has 0 fully saturated rings. The van der Waals surface area contributed by atoms with E-state index in [1.54, 1.807) is 0 Å². The van der Waals surface area contributed by atoms with Crippen molar-refractivity contribution < 1.29 is 4.58 Å². The molecule has 2 atom stereocenters. The molecule has 0 amide bonds. The van der Waals surface area contributed by atoms with Crippen molar-refractivity contribution in [2.24, 2.45) is 10.9 Å². The van der Waals surface area contributed by atoms with Crippen LogP contribution in [0.3, 0.4) is 0 Å². The number of hydrogen-bond acceptors (Lipinski definition) is 2. The van der Waals surface area contributed by atoms with Crippen molar-refractivity contribution in [3.63, 3.8) is 0 Å². The summed E-state index contributed by atoms with van der Waals surface area (Å²) in [6.45, 7) is 17.6. The van der Waals surface area contributed by atoms with Crippen LogP contribution in [-0.2, 0) is 0 Å². The second-order valence-electron chi connectivity index (χ2n) is 7.08. The maximum atomic E-state index is 4.76. The second-order valence-corrected chi connectivity index (χ2v) is 7.08. The van der Waals surface area contributed by atoms with E-state index >= 15 is 0 Å². The van der Waals surface area contributed by atoms with Crippen LogP contribution >= 0.6 is 0 Å². The Balaban J connectivity index is 4.67. The van der Waals surface area contributed by atoms with Gasteiger partial charge < -0.3 is 0 Å². The summed E-state index contributed by atoms with van der Waals surface area (Å²) in [5, 5.41) is 3.42. The molecule has 0 spiro atoms. The van der Waals surface area contributed by atoms with Crippen molar-refractivity contribution >= 4 is 11.4 Å². The molecule has 21 heavy (non-hydrogen) atoms. The summed E-state index contributed by atoms with van der Waals surface area (Å²) in [5.41, 5.74) is 2.42. The molecular weight excluding hydrogens is 258 g/mol. The Morgan fingerprint density at radius 1 is 1.00 bits per heavy atom. The van der Waals surface area contributed by atoms with Crippen LogP contribution in [0.15, 0.2) is 4.99 Å². The summed E-state index contributed by atoms with van der Waals surface area (Å²) in [6.07, 6.45) is 4.04. The van der Waals surface area contributed by atoms with Crippen molar-refractivity contribution in [3.05, 3.63) is 0 Å². The lowest BCUT2D eigenvalue weighted by Gasteiger charge is -2.15. The maximum Gasteiger partial charge on any atom is 0.193 e. The van der Waals surface area contributed by atoms with Crippen LogP contribution in [0.25, 0.3) is 0 Å². The first-order valence-corrected chi connectivity index (χ1v) is 8.52.